The SMILES string of the molecule is COc1ccc(-c2nn(C[NH+]3CCOCC3)c(=S)n2C)cc1OC. The predicted molar refractivity (Wildman–Crippen MR) is 92.1 cm³/mol. The van der Waals surface area contributed by atoms with Crippen LogP contribution >= 0.6 is 12.2 Å². The summed E-state index contributed by atoms with van der Waals surface area (Å²) >= 11 is 5.56. The third kappa shape index (κ3) is 3.31. The summed E-state index contributed by atoms with van der Waals surface area (Å²) in [6.07, 6.45) is 0. The van der Waals surface area contributed by atoms with E-state index < -0.39 is 0 Å². The zero-order valence-electron chi connectivity index (χ0n) is 14.2. The maximum atomic E-state index is 5.56. The highest BCUT2D eigenvalue weighted by atomic mass is 32.1. The van der Waals surface area contributed by atoms with Crippen LogP contribution in [-0.2, 0) is 18.5 Å². The van der Waals surface area contributed by atoms with Crippen LogP contribution in [0, 0.1) is 4.77 Å². The molecule has 0 amide bonds. The van der Waals surface area contributed by atoms with Crippen molar-refractivity contribution in [3.63, 3.8) is 0 Å². The van der Waals surface area contributed by atoms with Crippen LogP contribution in [0.4, 0.5) is 0 Å². The monoisotopic (exact) mass is 351 g/mol. The summed E-state index contributed by atoms with van der Waals surface area (Å²) in [6, 6.07) is 5.76. The molecule has 0 atom stereocenters. The van der Waals surface area contributed by atoms with E-state index in [0.717, 1.165) is 44.4 Å². The molecule has 0 unspecified atom stereocenters. The van der Waals surface area contributed by atoms with Gasteiger partial charge in [-0.3, -0.25) is 0 Å². The van der Waals surface area contributed by atoms with Gasteiger partial charge in [0.1, 0.15) is 13.1 Å². The minimum atomic E-state index is 0.675. The van der Waals surface area contributed by atoms with Crippen LogP contribution in [0.5, 0.6) is 11.5 Å². The van der Waals surface area contributed by atoms with Crippen LogP contribution in [0.25, 0.3) is 11.4 Å². The summed E-state index contributed by atoms with van der Waals surface area (Å²) in [6.45, 7) is 4.29. The molecule has 1 aromatic heterocycles. The minimum Gasteiger partial charge on any atom is -0.493 e. The molecule has 1 N–H and O–H groups in total. The van der Waals surface area contributed by atoms with Crippen LogP contribution in [0.3, 0.4) is 0 Å². The molecule has 130 valence electrons. The van der Waals surface area contributed by atoms with Gasteiger partial charge < -0.3 is 23.7 Å². The summed E-state index contributed by atoms with van der Waals surface area (Å²) in [7, 11) is 5.19. The number of methoxy groups -OCH3 is 2. The topological polar surface area (TPSA) is 54.9 Å². The molecule has 24 heavy (non-hydrogen) atoms. The van der Waals surface area contributed by atoms with Crippen molar-refractivity contribution >= 4 is 12.2 Å². The Morgan fingerprint density at radius 1 is 1.21 bits per heavy atom. The van der Waals surface area contributed by atoms with E-state index in [0.29, 0.717) is 16.3 Å². The number of ether oxygens (including phenoxy) is 3. The molecule has 1 fully saturated rings. The first-order valence-electron chi connectivity index (χ1n) is 7.91. The largest absolute Gasteiger partial charge is 0.493 e. The normalized spacial score (nSPS) is 15.5. The van der Waals surface area contributed by atoms with E-state index in [9.17, 15) is 0 Å². The molecule has 0 aliphatic carbocycles. The Balaban J connectivity index is 1.91. The molecule has 1 aliphatic heterocycles. The summed E-state index contributed by atoms with van der Waals surface area (Å²) in [5.41, 5.74) is 0.942. The Hall–Kier alpha value is -1.90. The zero-order chi connectivity index (χ0) is 17.1. The second-order valence-electron chi connectivity index (χ2n) is 5.75. The van der Waals surface area contributed by atoms with Crippen LogP contribution in [0.1, 0.15) is 0 Å². The Morgan fingerprint density at radius 2 is 1.92 bits per heavy atom. The fourth-order valence-corrected chi connectivity index (χ4v) is 3.04. The average molecular weight is 351 g/mol. The van der Waals surface area contributed by atoms with E-state index in [-0.39, 0.29) is 0 Å². The van der Waals surface area contributed by atoms with Crippen LogP contribution in [0.15, 0.2) is 18.2 Å². The molecule has 1 aliphatic rings. The Morgan fingerprint density at radius 3 is 2.58 bits per heavy atom. The first kappa shape index (κ1) is 16.9. The molecular weight excluding hydrogens is 328 g/mol. The standard InChI is InChI=1S/C16H22N4O3S/c1-18-15(12-4-5-13(21-2)14(10-12)22-3)17-20(16(18)24)11-19-6-8-23-9-7-19/h4-5,10H,6-9,11H2,1-3H3/p+1. The first-order valence-corrected chi connectivity index (χ1v) is 8.32. The fraction of sp³-hybridized carbons (Fsp3) is 0.500. The lowest BCUT2D eigenvalue weighted by Crippen LogP contribution is -3.13. The molecule has 8 heteroatoms. The van der Waals surface area contributed by atoms with E-state index in [4.69, 9.17) is 31.5 Å². The lowest BCUT2D eigenvalue weighted by Gasteiger charge is -2.23. The number of hydrogen-bond acceptors (Lipinski definition) is 5. The van der Waals surface area contributed by atoms with Gasteiger partial charge in [-0.15, -0.1) is 5.10 Å². The van der Waals surface area contributed by atoms with E-state index in [1.54, 1.807) is 14.2 Å². The zero-order valence-corrected chi connectivity index (χ0v) is 15.1. The maximum absolute atomic E-state index is 5.56. The molecule has 2 aromatic rings. The third-order valence-electron chi connectivity index (χ3n) is 4.26. The van der Waals surface area contributed by atoms with Crippen molar-refractivity contribution in [2.75, 3.05) is 40.5 Å². The predicted octanol–water partition coefficient (Wildman–Crippen LogP) is 0.508. The average Bonchev–Trinajstić information content (AvgIpc) is 2.90. The van der Waals surface area contributed by atoms with Crippen LogP contribution in [-0.4, -0.2) is 54.9 Å². The molecule has 7 nitrogen and oxygen atoms in total. The molecule has 0 spiro atoms. The molecule has 1 aromatic carbocycles. The number of hydrogen-bond donors (Lipinski definition) is 1. The number of morpholine rings is 1. The van der Waals surface area contributed by atoms with Crippen molar-refractivity contribution in [1.29, 1.82) is 0 Å². The van der Waals surface area contributed by atoms with Crippen LogP contribution < -0.4 is 14.4 Å². The Kier molecular flexibility index (Phi) is 5.17. The van der Waals surface area contributed by atoms with Gasteiger partial charge >= 0.3 is 0 Å². The van der Waals surface area contributed by atoms with Gasteiger partial charge in [-0.05, 0) is 30.4 Å². The van der Waals surface area contributed by atoms with Gasteiger partial charge in [-0.1, -0.05) is 0 Å². The number of rotatable bonds is 5. The smallest absolute Gasteiger partial charge is 0.202 e. The van der Waals surface area contributed by atoms with E-state index in [2.05, 4.69) is 0 Å². The van der Waals surface area contributed by atoms with E-state index >= 15 is 0 Å². The lowest BCUT2D eigenvalue weighted by molar-refractivity contribution is -0.930. The van der Waals surface area contributed by atoms with Crippen molar-refractivity contribution in [3.05, 3.63) is 23.0 Å². The summed E-state index contributed by atoms with van der Waals surface area (Å²) in [5.74, 6) is 2.18. The van der Waals surface area contributed by atoms with Crippen molar-refractivity contribution in [2.45, 2.75) is 6.67 Å². The second kappa shape index (κ2) is 7.33. The Labute approximate surface area is 146 Å². The van der Waals surface area contributed by atoms with Gasteiger partial charge in [0.25, 0.3) is 0 Å². The highest BCUT2D eigenvalue weighted by molar-refractivity contribution is 7.71. The molecule has 1 saturated heterocycles. The number of quaternary nitrogens is 1. The fourth-order valence-electron chi connectivity index (χ4n) is 2.85. The van der Waals surface area contributed by atoms with Crippen molar-refractivity contribution < 1.29 is 19.1 Å². The van der Waals surface area contributed by atoms with Gasteiger partial charge in [0, 0.05) is 12.6 Å². The quantitative estimate of drug-likeness (QED) is 0.796. The van der Waals surface area contributed by atoms with Gasteiger partial charge in [0.2, 0.25) is 4.77 Å². The summed E-state index contributed by atoms with van der Waals surface area (Å²) in [4.78, 5) is 1.43. The van der Waals surface area contributed by atoms with Gasteiger partial charge in [0.15, 0.2) is 24.0 Å². The van der Waals surface area contributed by atoms with Crippen molar-refractivity contribution in [3.8, 4) is 22.9 Å². The number of aromatic nitrogens is 3. The van der Waals surface area contributed by atoms with Crippen molar-refractivity contribution in [2.24, 2.45) is 7.05 Å². The number of benzene rings is 1. The van der Waals surface area contributed by atoms with E-state index in [1.807, 2.05) is 34.5 Å². The van der Waals surface area contributed by atoms with Crippen molar-refractivity contribution in [1.82, 2.24) is 14.3 Å². The molecule has 2 heterocycles. The molecule has 0 saturated carbocycles. The molecular formula is C16H23N4O3S+. The second-order valence-corrected chi connectivity index (χ2v) is 6.12. The first-order chi connectivity index (χ1) is 11.6. The maximum Gasteiger partial charge on any atom is 0.202 e. The lowest BCUT2D eigenvalue weighted by atomic mass is 10.2. The van der Waals surface area contributed by atoms with Gasteiger partial charge in [0.05, 0.1) is 27.4 Å². The van der Waals surface area contributed by atoms with Gasteiger partial charge in [-0.25, -0.2) is 0 Å². The minimum absolute atomic E-state index is 0.675. The third-order valence-corrected chi connectivity index (χ3v) is 4.74. The molecule has 0 bridgehead atoms. The highest BCUT2D eigenvalue weighted by Gasteiger charge is 2.18. The summed E-state index contributed by atoms with van der Waals surface area (Å²) < 4.78 is 20.6. The Bertz CT molecular complexity index is 765. The number of nitrogens with one attached hydrogen (secondary N) is 1. The molecule has 3 rings (SSSR count). The van der Waals surface area contributed by atoms with Gasteiger partial charge in [-0.2, -0.15) is 4.68 Å². The molecule has 0 radical (unpaired) electrons. The number of nitrogens with zero attached hydrogens (tertiary/aromatic N) is 3. The summed E-state index contributed by atoms with van der Waals surface area (Å²) in [5, 5.41) is 4.72. The highest BCUT2D eigenvalue weighted by Crippen LogP contribution is 2.31. The van der Waals surface area contributed by atoms with E-state index in [1.165, 1.54) is 4.90 Å². The van der Waals surface area contributed by atoms with Crippen LogP contribution in [0.2, 0.25) is 0 Å².